The minimum atomic E-state index is -0.0921. The first-order valence-corrected chi connectivity index (χ1v) is 8.36. The zero-order chi connectivity index (χ0) is 16.4. The minimum absolute atomic E-state index is 0.0620. The van der Waals surface area contributed by atoms with Gasteiger partial charge in [0.25, 0.3) is 5.56 Å². The van der Waals surface area contributed by atoms with Gasteiger partial charge in [-0.25, -0.2) is 9.67 Å². The Morgan fingerprint density at radius 2 is 2.26 bits per heavy atom. The van der Waals surface area contributed by atoms with Crippen molar-refractivity contribution in [2.75, 3.05) is 32.2 Å². The summed E-state index contributed by atoms with van der Waals surface area (Å²) in [5.41, 5.74) is 0.735. The zero-order valence-electron chi connectivity index (χ0n) is 13.5. The molecule has 3 heterocycles. The molecule has 0 aliphatic carbocycles. The van der Waals surface area contributed by atoms with Gasteiger partial charge in [-0.05, 0) is 13.0 Å². The van der Waals surface area contributed by atoms with Gasteiger partial charge >= 0.3 is 0 Å². The molecule has 3 rings (SSSR count). The van der Waals surface area contributed by atoms with Gasteiger partial charge in [0.05, 0.1) is 31.0 Å². The van der Waals surface area contributed by atoms with Gasteiger partial charge in [0, 0.05) is 37.8 Å². The standard InChI is InChI=1S/C15H21N5O2S/c1-10-4-5-14(21)20(18-10)13-9-22-8-12(13)16-6-11-7-17-15(23-11)19(2)3/h4-5,7,12-13,16H,6,8-9H2,1-3H3. The molecule has 2 aromatic rings. The zero-order valence-corrected chi connectivity index (χ0v) is 14.3. The molecule has 0 amide bonds. The SMILES string of the molecule is Cc1ccc(=O)n(C2COCC2NCc2cnc(N(C)C)s2)n1. The number of rotatable bonds is 5. The number of hydrogen-bond acceptors (Lipinski definition) is 7. The number of nitrogens with one attached hydrogen (secondary N) is 1. The van der Waals surface area contributed by atoms with E-state index in [-0.39, 0.29) is 17.6 Å². The topological polar surface area (TPSA) is 72.3 Å². The molecule has 1 fully saturated rings. The summed E-state index contributed by atoms with van der Waals surface area (Å²) in [7, 11) is 3.96. The predicted octanol–water partition coefficient (Wildman–Crippen LogP) is 0.804. The number of anilines is 1. The van der Waals surface area contributed by atoms with Crippen LogP contribution in [-0.2, 0) is 11.3 Å². The summed E-state index contributed by atoms with van der Waals surface area (Å²) in [6, 6.07) is 3.28. The van der Waals surface area contributed by atoms with E-state index < -0.39 is 0 Å². The quantitative estimate of drug-likeness (QED) is 0.872. The fraction of sp³-hybridized carbons (Fsp3) is 0.533. The minimum Gasteiger partial charge on any atom is -0.377 e. The predicted molar refractivity (Wildman–Crippen MR) is 90.2 cm³/mol. The molecule has 1 N–H and O–H groups in total. The van der Waals surface area contributed by atoms with Crippen LogP contribution in [0.5, 0.6) is 0 Å². The van der Waals surface area contributed by atoms with Gasteiger partial charge in [-0.3, -0.25) is 4.79 Å². The lowest BCUT2D eigenvalue weighted by atomic mass is 10.1. The van der Waals surface area contributed by atoms with Gasteiger partial charge in [-0.1, -0.05) is 0 Å². The molecular weight excluding hydrogens is 314 g/mol. The van der Waals surface area contributed by atoms with Gasteiger partial charge < -0.3 is 15.0 Å². The molecular formula is C15H21N5O2S. The Kier molecular flexibility index (Phi) is 4.74. The fourth-order valence-corrected chi connectivity index (χ4v) is 3.34. The maximum Gasteiger partial charge on any atom is 0.267 e. The largest absolute Gasteiger partial charge is 0.377 e. The summed E-state index contributed by atoms with van der Waals surface area (Å²) in [4.78, 5) is 19.6. The van der Waals surface area contributed by atoms with Crippen molar-refractivity contribution in [3.63, 3.8) is 0 Å². The highest BCUT2D eigenvalue weighted by atomic mass is 32.1. The van der Waals surface area contributed by atoms with Crippen molar-refractivity contribution < 1.29 is 4.74 Å². The van der Waals surface area contributed by atoms with E-state index in [4.69, 9.17) is 4.74 Å². The Hall–Kier alpha value is -1.77. The molecule has 0 bridgehead atoms. The molecule has 2 aromatic heterocycles. The number of aryl methyl sites for hydroxylation is 1. The average molecular weight is 335 g/mol. The Morgan fingerprint density at radius 1 is 1.43 bits per heavy atom. The lowest BCUT2D eigenvalue weighted by molar-refractivity contribution is 0.180. The molecule has 2 atom stereocenters. The van der Waals surface area contributed by atoms with Gasteiger partial charge in [0.15, 0.2) is 5.13 Å². The molecule has 0 saturated carbocycles. The van der Waals surface area contributed by atoms with Crippen LogP contribution in [0.2, 0.25) is 0 Å². The second-order valence-electron chi connectivity index (χ2n) is 5.85. The third-order valence-corrected chi connectivity index (χ3v) is 4.95. The molecule has 7 nitrogen and oxygen atoms in total. The molecule has 2 unspecified atom stereocenters. The van der Waals surface area contributed by atoms with E-state index in [0.717, 1.165) is 15.7 Å². The van der Waals surface area contributed by atoms with E-state index in [2.05, 4.69) is 15.4 Å². The maximum atomic E-state index is 12.1. The third-order valence-electron chi connectivity index (χ3n) is 3.79. The Labute approximate surface area is 138 Å². The molecule has 1 aliphatic rings. The van der Waals surface area contributed by atoms with Crippen molar-refractivity contribution >= 4 is 16.5 Å². The van der Waals surface area contributed by atoms with Crippen LogP contribution in [0.4, 0.5) is 5.13 Å². The number of hydrogen-bond donors (Lipinski definition) is 1. The molecule has 0 aromatic carbocycles. The van der Waals surface area contributed by atoms with Crippen LogP contribution in [0.15, 0.2) is 23.1 Å². The fourth-order valence-electron chi connectivity index (χ4n) is 2.55. The molecule has 0 radical (unpaired) electrons. The van der Waals surface area contributed by atoms with Crippen LogP contribution >= 0.6 is 11.3 Å². The second-order valence-corrected chi connectivity index (χ2v) is 6.95. The van der Waals surface area contributed by atoms with Crippen LogP contribution < -0.4 is 15.8 Å². The lowest BCUT2D eigenvalue weighted by Crippen LogP contribution is -2.41. The van der Waals surface area contributed by atoms with Gasteiger partial charge in [-0.15, -0.1) is 11.3 Å². The molecule has 1 aliphatic heterocycles. The summed E-state index contributed by atoms with van der Waals surface area (Å²) in [6.07, 6.45) is 1.88. The van der Waals surface area contributed by atoms with Crippen molar-refractivity contribution in [2.24, 2.45) is 0 Å². The second kappa shape index (κ2) is 6.77. The van der Waals surface area contributed by atoms with Gasteiger partial charge in [0.2, 0.25) is 0 Å². The first kappa shape index (κ1) is 16.1. The Balaban J connectivity index is 1.69. The first-order valence-electron chi connectivity index (χ1n) is 7.54. The Morgan fingerprint density at radius 3 is 3.00 bits per heavy atom. The molecule has 124 valence electrons. The van der Waals surface area contributed by atoms with Crippen LogP contribution in [-0.4, -0.2) is 48.1 Å². The first-order chi connectivity index (χ1) is 11.0. The average Bonchev–Trinajstić information content (AvgIpc) is 3.16. The number of ether oxygens (including phenoxy) is 1. The van der Waals surface area contributed by atoms with Crippen LogP contribution in [0.3, 0.4) is 0 Å². The highest BCUT2D eigenvalue weighted by Gasteiger charge is 2.31. The van der Waals surface area contributed by atoms with Crippen LogP contribution in [0.25, 0.3) is 0 Å². The number of thiazole rings is 1. The van der Waals surface area contributed by atoms with Crippen molar-refractivity contribution in [1.82, 2.24) is 20.1 Å². The third kappa shape index (κ3) is 3.60. The molecule has 23 heavy (non-hydrogen) atoms. The highest BCUT2D eigenvalue weighted by Crippen LogP contribution is 2.22. The van der Waals surface area contributed by atoms with Crippen molar-refractivity contribution in [3.05, 3.63) is 39.3 Å². The van der Waals surface area contributed by atoms with E-state index >= 15 is 0 Å². The lowest BCUT2D eigenvalue weighted by Gasteiger charge is -2.20. The molecule has 1 saturated heterocycles. The van der Waals surface area contributed by atoms with Crippen LogP contribution in [0.1, 0.15) is 16.6 Å². The molecule has 8 heteroatoms. The summed E-state index contributed by atoms with van der Waals surface area (Å²) in [6.45, 7) is 3.66. The molecule has 0 spiro atoms. The maximum absolute atomic E-state index is 12.1. The normalized spacial score (nSPS) is 20.8. The van der Waals surface area contributed by atoms with E-state index in [0.29, 0.717) is 19.8 Å². The highest BCUT2D eigenvalue weighted by molar-refractivity contribution is 7.15. The van der Waals surface area contributed by atoms with E-state index in [1.54, 1.807) is 23.5 Å². The summed E-state index contributed by atoms with van der Waals surface area (Å²) >= 11 is 1.65. The summed E-state index contributed by atoms with van der Waals surface area (Å²) in [5, 5.41) is 8.81. The smallest absolute Gasteiger partial charge is 0.267 e. The van der Waals surface area contributed by atoms with Gasteiger partial charge in [0.1, 0.15) is 0 Å². The van der Waals surface area contributed by atoms with Gasteiger partial charge in [-0.2, -0.15) is 5.10 Å². The summed E-state index contributed by atoms with van der Waals surface area (Å²) < 4.78 is 7.11. The monoisotopic (exact) mass is 335 g/mol. The van der Waals surface area contributed by atoms with Crippen LogP contribution in [0, 0.1) is 6.92 Å². The number of aromatic nitrogens is 3. The van der Waals surface area contributed by atoms with Crippen molar-refractivity contribution in [3.8, 4) is 0 Å². The van der Waals surface area contributed by atoms with E-state index in [1.165, 1.54) is 4.68 Å². The van der Waals surface area contributed by atoms with E-state index in [1.807, 2.05) is 32.1 Å². The van der Waals surface area contributed by atoms with Crippen molar-refractivity contribution in [2.45, 2.75) is 25.6 Å². The summed E-state index contributed by atoms with van der Waals surface area (Å²) in [5.74, 6) is 0. The number of nitrogens with zero attached hydrogens (tertiary/aromatic N) is 4. The van der Waals surface area contributed by atoms with E-state index in [9.17, 15) is 4.79 Å². The Bertz CT molecular complexity index is 727. The van der Waals surface area contributed by atoms with Crippen molar-refractivity contribution in [1.29, 1.82) is 0 Å².